The number of nitrogens with zero attached hydrogens (tertiary/aromatic N) is 5. The number of carbonyl (C=O) groups excluding carboxylic acids is 2. The minimum absolute atomic E-state index is 0.0922. The van der Waals surface area contributed by atoms with E-state index < -0.39 is 0 Å². The molecule has 1 aromatic carbocycles. The zero-order chi connectivity index (χ0) is 16.9. The number of amides is 4. The fourth-order valence-electron chi connectivity index (χ4n) is 2.31. The number of nitrogens with one attached hydrogen (secondary N) is 3. The number of anilines is 1. The molecular formula is C14H18N8O2. The summed E-state index contributed by atoms with van der Waals surface area (Å²) in [7, 11) is 1.70. The molecule has 0 aliphatic carbocycles. The van der Waals surface area contributed by atoms with Gasteiger partial charge in [-0.05, 0) is 29.5 Å². The number of carbonyl (C=O) groups is 2. The van der Waals surface area contributed by atoms with Crippen molar-refractivity contribution in [1.29, 1.82) is 0 Å². The average molecular weight is 330 g/mol. The van der Waals surface area contributed by atoms with Crippen LogP contribution in [0.4, 0.5) is 15.3 Å². The molecule has 0 unspecified atom stereocenters. The normalized spacial score (nSPS) is 13.7. The molecule has 4 amide bonds. The van der Waals surface area contributed by atoms with Gasteiger partial charge >= 0.3 is 12.1 Å². The van der Waals surface area contributed by atoms with Crippen LogP contribution in [0.5, 0.6) is 0 Å². The first-order valence-electron chi connectivity index (χ1n) is 7.54. The molecule has 0 bridgehead atoms. The number of aromatic nitrogens is 4. The lowest BCUT2D eigenvalue weighted by atomic mass is 10.2. The second kappa shape index (κ2) is 6.94. The summed E-state index contributed by atoms with van der Waals surface area (Å²) in [6, 6.07) is 6.73. The third-order valence-electron chi connectivity index (χ3n) is 3.52. The molecule has 0 atom stereocenters. The van der Waals surface area contributed by atoms with E-state index in [1.54, 1.807) is 36.2 Å². The molecule has 1 aliphatic rings. The molecule has 10 heteroatoms. The average Bonchev–Trinajstić information content (AvgIpc) is 3.17. The highest BCUT2D eigenvalue weighted by atomic mass is 16.2. The Hall–Kier alpha value is -3.17. The van der Waals surface area contributed by atoms with Crippen LogP contribution in [-0.4, -0.2) is 63.3 Å². The third kappa shape index (κ3) is 3.77. The number of aryl methyl sites for hydroxylation is 1. The van der Waals surface area contributed by atoms with E-state index in [0.29, 0.717) is 37.7 Å². The highest BCUT2D eigenvalue weighted by Crippen LogP contribution is 2.16. The highest BCUT2D eigenvalue weighted by Gasteiger charge is 2.18. The van der Waals surface area contributed by atoms with Gasteiger partial charge in [0.1, 0.15) is 0 Å². The lowest BCUT2D eigenvalue weighted by molar-refractivity contribution is 0.216. The molecule has 24 heavy (non-hydrogen) atoms. The van der Waals surface area contributed by atoms with Crippen molar-refractivity contribution in [3.63, 3.8) is 0 Å². The molecule has 1 aliphatic heterocycles. The Morgan fingerprint density at radius 3 is 2.75 bits per heavy atom. The number of tetrazole rings is 1. The molecule has 1 saturated heterocycles. The van der Waals surface area contributed by atoms with Crippen molar-refractivity contribution in [1.82, 2.24) is 35.7 Å². The highest BCUT2D eigenvalue weighted by molar-refractivity contribution is 5.89. The second-order valence-corrected chi connectivity index (χ2v) is 5.28. The Morgan fingerprint density at radius 1 is 1.33 bits per heavy atom. The molecule has 0 radical (unpaired) electrons. The number of urea groups is 2. The number of hydrogen-bond acceptors (Lipinski definition) is 5. The van der Waals surface area contributed by atoms with Crippen LogP contribution in [0.3, 0.4) is 0 Å². The smallest absolute Gasteiger partial charge is 0.319 e. The molecule has 126 valence electrons. The fourth-order valence-corrected chi connectivity index (χ4v) is 2.31. The van der Waals surface area contributed by atoms with Gasteiger partial charge in [0.15, 0.2) is 0 Å². The second-order valence-electron chi connectivity index (χ2n) is 5.28. The summed E-state index contributed by atoms with van der Waals surface area (Å²) >= 11 is 0. The zero-order valence-electron chi connectivity index (χ0n) is 13.2. The van der Waals surface area contributed by atoms with Crippen LogP contribution in [-0.2, 0) is 7.05 Å². The maximum Gasteiger partial charge on any atom is 0.319 e. The van der Waals surface area contributed by atoms with Crippen molar-refractivity contribution in [2.75, 3.05) is 31.5 Å². The van der Waals surface area contributed by atoms with Gasteiger partial charge in [-0.15, -0.1) is 10.2 Å². The van der Waals surface area contributed by atoms with Gasteiger partial charge in [0, 0.05) is 37.4 Å². The van der Waals surface area contributed by atoms with Crippen LogP contribution >= 0.6 is 0 Å². The Morgan fingerprint density at radius 2 is 2.12 bits per heavy atom. The number of benzene rings is 1. The zero-order valence-corrected chi connectivity index (χ0v) is 13.2. The minimum atomic E-state index is -0.319. The molecule has 0 spiro atoms. The van der Waals surface area contributed by atoms with Gasteiger partial charge in [0.25, 0.3) is 0 Å². The number of hydrogen-bond donors (Lipinski definition) is 3. The van der Waals surface area contributed by atoms with Gasteiger partial charge in [-0.3, -0.25) is 0 Å². The van der Waals surface area contributed by atoms with Crippen molar-refractivity contribution >= 4 is 17.7 Å². The van der Waals surface area contributed by atoms with Crippen LogP contribution < -0.4 is 16.0 Å². The van der Waals surface area contributed by atoms with Crippen molar-refractivity contribution in [3.8, 4) is 11.4 Å². The molecule has 0 saturated carbocycles. The van der Waals surface area contributed by atoms with E-state index in [2.05, 4.69) is 31.4 Å². The van der Waals surface area contributed by atoms with Crippen molar-refractivity contribution < 1.29 is 9.59 Å². The van der Waals surface area contributed by atoms with Gasteiger partial charge in [-0.25, -0.2) is 9.59 Å². The Kier molecular flexibility index (Phi) is 4.54. The van der Waals surface area contributed by atoms with Crippen LogP contribution in [0.1, 0.15) is 0 Å². The summed E-state index contributed by atoms with van der Waals surface area (Å²) < 4.78 is 0. The molecule has 2 heterocycles. The van der Waals surface area contributed by atoms with Crippen LogP contribution in [0.25, 0.3) is 11.4 Å². The first-order valence-corrected chi connectivity index (χ1v) is 7.54. The topological polar surface area (TPSA) is 117 Å². The molecule has 2 aromatic rings. The Balaban J connectivity index is 1.46. The molecule has 1 fully saturated rings. The lowest BCUT2D eigenvalue weighted by Gasteiger charge is -2.14. The van der Waals surface area contributed by atoms with Crippen molar-refractivity contribution in [2.24, 2.45) is 7.05 Å². The fraction of sp³-hybridized carbons (Fsp3) is 0.357. The van der Waals surface area contributed by atoms with E-state index in [0.717, 1.165) is 5.56 Å². The Labute approximate surface area is 138 Å². The van der Waals surface area contributed by atoms with Gasteiger partial charge in [0.2, 0.25) is 5.82 Å². The predicted molar refractivity (Wildman–Crippen MR) is 86.2 cm³/mol. The summed E-state index contributed by atoms with van der Waals surface area (Å²) in [5.41, 5.74) is 1.47. The van der Waals surface area contributed by atoms with Gasteiger partial charge in [0.05, 0.1) is 7.05 Å². The molecule has 10 nitrogen and oxygen atoms in total. The van der Waals surface area contributed by atoms with E-state index in [9.17, 15) is 9.59 Å². The SMILES string of the molecule is Cn1nnc(-c2ccc(NC(=O)NCCN3CCNC3=O)cc2)n1. The van der Waals surface area contributed by atoms with Crippen LogP contribution in [0.2, 0.25) is 0 Å². The van der Waals surface area contributed by atoms with E-state index in [1.165, 1.54) is 4.80 Å². The maximum atomic E-state index is 11.8. The summed E-state index contributed by atoms with van der Waals surface area (Å²) in [6.45, 7) is 2.19. The predicted octanol–water partition coefficient (Wildman–Crippen LogP) is 0.0238. The Bertz CT molecular complexity index is 727. The summed E-state index contributed by atoms with van der Waals surface area (Å²) in [6.07, 6.45) is 0. The van der Waals surface area contributed by atoms with Crippen molar-refractivity contribution in [2.45, 2.75) is 0 Å². The van der Waals surface area contributed by atoms with Gasteiger partial charge in [-0.1, -0.05) is 0 Å². The first-order chi connectivity index (χ1) is 11.6. The lowest BCUT2D eigenvalue weighted by Crippen LogP contribution is -2.38. The van der Waals surface area contributed by atoms with E-state index in [-0.39, 0.29) is 12.1 Å². The molecule has 3 rings (SSSR count). The van der Waals surface area contributed by atoms with E-state index in [1.807, 2.05) is 0 Å². The van der Waals surface area contributed by atoms with E-state index in [4.69, 9.17) is 0 Å². The largest absolute Gasteiger partial charge is 0.336 e. The van der Waals surface area contributed by atoms with Crippen molar-refractivity contribution in [3.05, 3.63) is 24.3 Å². The number of rotatable bonds is 5. The quantitative estimate of drug-likeness (QED) is 0.715. The summed E-state index contributed by atoms with van der Waals surface area (Å²) in [4.78, 5) is 26.2. The third-order valence-corrected chi connectivity index (χ3v) is 3.52. The standard InChI is InChI=1S/C14H18N8O2/c1-21-19-12(18-20-21)10-2-4-11(5-3-10)17-13(23)15-6-8-22-9-7-16-14(22)24/h2-5H,6-9H2,1H3,(H,16,24)(H2,15,17,23). The molecular weight excluding hydrogens is 312 g/mol. The summed E-state index contributed by atoms with van der Waals surface area (Å²) in [5, 5.41) is 20.0. The van der Waals surface area contributed by atoms with E-state index >= 15 is 0 Å². The molecule has 3 N–H and O–H groups in total. The first kappa shape index (κ1) is 15.7. The van der Waals surface area contributed by atoms with Gasteiger partial charge < -0.3 is 20.9 Å². The maximum absolute atomic E-state index is 11.8. The van der Waals surface area contributed by atoms with Gasteiger partial charge in [-0.2, -0.15) is 4.80 Å². The molecule has 1 aromatic heterocycles. The summed E-state index contributed by atoms with van der Waals surface area (Å²) in [5.74, 6) is 0.525. The minimum Gasteiger partial charge on any atom is -0.336 e. The van der Waals surface area contributed by atoms with Crippen LogP contribution in [0.15, 0.2) is 24.3 Å². The monoisotopic (exact) mass is 330 g/mol. The van der Waals surface area contributed by atoms with Crippen LogP contribution in [0, 0.1) is 0 Å².